The van der Waals surface area contributed by atoms with E-state index in [1.165, 1.54) is 24.4 Å². The molecule has 0 aliphatic heterocycles. The normalized spacial score (nSPS) is 10.8. The highest BCUT2D eigenvalue weighted by atomic mass is 32.1. The van der Waals surface area contributed by atoms with E-state index >= 15 is 0 Å². The molecule has 2 aromatic heterocycles. The second kappa shape index (κ2) is 6.04. The van der Waals surface area contributed by atoms with Gasteiger partial charge < -0.3 is 5.11 Å². The van der Waals surface area contributed by atoms with Crippen LogP contribution >= 0.6 is 11.3 Å². The standard InChI is InChI=1S/C16H7F4NO2S/c17-8-3-7(5-21-6-8)11-1-2-12(24-11)15(22)9-4-10(18)14(20)16(23)13(9)19/h1-6,23H. The molecule has 0 saturated carbocycles. The number of carbonyl (C=O) groups excluding carboxylic acids is 1. The Morgan fingerprint density at radius 1 is 1.04 bits per heavy atom. The molecular formula is C16H7F4NO2S. The van der Waals surface area contributed by atoms with Crippen molar-refractivity contribution in [3.05, 3.63) is 70.4 Å². The van der Waals surface area contributed by atoms with E-state index in [0.29, 0.717) is 16.5 Å². The van der Waals surface area contributed by atoms with E-state index in [4.69, 9.17) is 0 Å². The van der Waals surface area contributed by atoms with Crippen molar-refractivity contribution in [3.63, 3.8) is 0 Å². The lowest BCUT2D eigenvalue weighted by Crippen LogP contribution is -2.05. The van der Waals surface area contributed by atoms with Gasteiger partial charge >= 0.3 is 0 Å². The van der Waals surface area contributed by atoms with Crippen LogP contribution in [0.3, 0.4) is 0 Å². The van der Waals surface area contributed by atoms with Gasteiger partial charge in [-0.3, -0.25) is 9.78 Å². The Morgan fingerprint density at radius 3 is 2.50 bits per heavy atom. The molecule has 0 saturated heterocycles. The van der Waals surface area contributed by atoms with E-state index in [0.717, 1.165) is 17.5 Å². The Balaban J connectivity index is 2.01. The number of carbonyl (C=O) groups is 1. The molecule has 0 atom stereocenters. The fraction of sp³-hybridized carbons (Fsp3) is 0. The summed E-state index contributed by atoms with van der Waals surface area (Å²) in [6, 6.07) is 4.42. The lowest BCUT2D eigenvalue weighted by molar-refractivity contribution is 0.103. The topological polar surface area (TPSA) is 50.2 Å². The Morgan fingerprint density at radius 2 is 1.79 bits per heavy atom. The molecule has 0 radical (unpaired) electrons. The number of phenolic OH excluding ortho intramolecular Hbond substituents is 1. The van der Waals surface area contributed by atoms with Crippen LogP contribution in [0.5, 0.6) is 5.75 Å². The minimum Gasteiger partial charge on any atom is -0.503 e. The highest BCUT2D eigenvalue weighted by Gasteiger charge is 2.24. The molecule has 0 aliphatic rings. The summed E-state index contributed by atoms with van der Waals surface area (Å²) in [6.07, 6.45) is 2.40. The minimum absolute atomic E-state index is 0.0126. The fourth-order valence-corrected chi connectivity index (χ4v) is 2.99. The summed E-state index contributed by atoms with van der Waals surface area (Å²) >= 11 is 0.902. The molecule has 0 unspecified atom stereocenters. The Bertz CT molecular complexity index is 955. The third-order valence-electron chi connectivity index (χ3n) is 3.20. The molecule has 8 heteroatoms. The zero-order valence-corrected chi connectivity index (χ0v) is 12.5. The van der Waals surface area contributed by atoms with E-state index in [2.05, 4.69) is 4.98 Å². The number of benzene rings is 1. The molecule has 0 spiro atoms. The quantitative estimate of drug-likeness (QED) is 0.434. The van der Waals surface area contributed by atoms with E-state index in [9.17, 15) is 27.5 Å². The maximum absolute atomic E-state index is 13.8. The zero-order chi connectivity index (χ0) is 17.4. The van der Waals surface area contributed by atoms with Crippen molar-refractivity contribution in [1.29, 1.82) is 0 Å². The van der Waals surface area contributed by atoms with Crippen molar-refractivity contribution in [3.8, 4) is 16.2 Å². The average Bonchev–Trinajstić information content (AvgIpc) is 3.05. The largest absolute Gasteiger partial charge is 0.503 e. The number of ketones is 1. The van der Waals surface area contributed by atoms with Crippen LogP contribution < -0.4 is 0 Å². The van der Waals surface area contributed by atoms with E-state index in [1.54, 1.807) is 0 Å². The number of thiophene rings is 1. The predicted octanol–water partition coefficient (Wildman–Crippen LogP) is 4.30. The summed E-state index contributed by atoms with van der Waals surface area (Å²) in [5.74, 6) is -7.89. The Labute approximate surface area is 136 Å². The van der Waals surface area contributed by atoms with Gasteiger partial charge in [-0.25, -0.2) is 13.2 Å². The summed E-state index contributed by atoms with van der Waals surface area (Å²) < 4.78 is 53.4. The molecule has 3 nitrogen and oxygen atoms in total. The molecule has 1 N–H and O–H groups in total. The molecule has 0 amide bonds. The molecule has 2 heterocycles. The van der Waals surface area contributed by atoms with Crippen LogP contribution in [0.1, 0.15) is 15.2 Å². The van der Waals surface area contributed by atoms with Crippen LogP contribution in [0, 0.1) is 23.3 Å². The SMILES string of the molecule is O=C(c1ccc(-c2cncc(F)c2)s1)c1cc(F)c(F)c(O)c1F. The van der Waals surface area contributed by atoms with Gasteiger partial charge in [0.25, 0.3) is 0 Å². The van der Waals surface area contributed by atoms with Crippen molar-refractivity contribution in [2.45, 2.75) is 0 Å². The van der Waals surface area contributed by atoms with Gasteiger partial charge in [-0.2, -0.15) is 4.39 Å². The van der Waals surface area contributed by atoms with Crippen molar-refractivity contribution >= 4 is 17.1 Å². The first kappa shape index (κ1) is 16.1. The third kappa shape index (κ3) is 2.76. The minimum atomic E-state index is -1.76. The van der Waals surface area contributed by atoms with Crippen molar-refractivity contribution in [2.24, 2.45) is 0 Å². The van der Waals surface area contributed by atoms with Crippen LogP contribution in [0.25, 0.3) is 10.4 Å². The summed E-state index contributed by atoms with van der Waals surface area (Å²) in [4.78, 5) is 16.5. The monoisotopic (exact) mass is 353 g/mol. The molecule has 24 heavy (non-hydrogen) atoms. The van der Waals surface area contributed by atoms with Crippen LogP contribution in [0.4, 0.5) is 17.6 Å². The molecular weight excluding hydrogens is 346 g/mol. The molecule has 0 bridgehead atoms. The van der Waals surface area contributed by atoms with Crippen molar-refractivity contribution in [2.75, 3.05) is 0 Å². The number of pyridine rings is 1. The van der Waals surface area contributed by atoms with Crippen LogP contribution in [-0.2, 0) is 0 Å². The maximum Gasteiger partial charge on any atom is 0.206 e. The first-order valence-electron chi connectivity index (χ1n) is 6.50. The lowest BCUT2D eigenvalue weighted by atomic mass is 10.1. The van der Waals surface area contributed by atoms with E-state index in [-0.39, 0.29) is 4.88 Å². The van der Waals surface area contributed by atoms with Crippen LogP contribution in [0.15, 0.2) is 36.7 Å². The van der Waals surface area contributed by atoms with Gasteiger partial charge in [0.05, 0.1) is 16.6 Å². The Kier molecular flexibility index (Phi) is 4.06. The van der Waals surface area contributed by atoms with Gasteiger partial charge in [-0.05, 0) is 24.3 Å². The number of hydrogen-bond donors (Lipinski definition) is 1. The number of rotatable bonds is 3. The third-order valence-corrected chi connectivity index (χ3v) is 4.33. The number of phenols is 1. The van der Waals surface area contributed by atoms with Gasteiger partial charge in [0.15, 0.2) is 17.4 Å². The van der Waals surface area contributed by atoms with Gasteiger partial charge in [0.2, 0.25) is 11.6 Å². The first-order valence-corrected chi connectivity index (χ1v) is 7.32. The number of hydrogen-bond acceptors (Lipinski definition) is 4. The Hall–Kier alpha value is -2.74. The zero-order valence-electron chi connectivity index (χ0n) is 11.7. The van der Waals surface area contributed by atoms with Crippen LogP contribution in [-0.4, -0.2) is 15.9 Å². The van der Waals surface area contributed by atoms with Gasteiger partial charge in [-0.1, -0.05) is 0 Å². The van der Waals surface area contributed by atoms with Gasteiger partial charge in [0.1, 0.15) is 5.82 Å². The maximum atomic E-state index is 13.8. The lowest BCUT2D eigenvalue weighted by Gasteiger charge is -2.04. The second-order valence-corrected chi connectivity index (χ2v) is 5.85. The fourth-order valence-electron chi connectivity index (χ4n) is 2.05. The molecule has 0 aliphatic carbocycles. The second-order valence-electron chi connectivity index (χ2n) is 4.77. The van der Waals surface area contributed by atoms with Gasteiger partial charge in [0, 0.05) is 16.6 Å². The number of aromatic hydroxyl groups is 1. The van der Waals surface area contributed by atoms with Crippen molar-refractivity contribution in [1.82, 2.24) is 4.98 Å². The highest BCUT2D eigenvalue weighted by molar-refractivity contribution is 7.17. The summed E-state index contributed by atoms with van der Waals surface area (Å²) in [5.41, 5.74) is -0.384. The summed E-state index contributed by atoms with van der Waals surface area (Å²) in [7, 11) is 0. The first-order chi connectivity index (χ1) is 11.4. The van der Waals surface area contributed by atoms with E-state index < -0.39 is 40.4 Å². The summed E-state index contributed by atoms with van der Waals surface area (Å²) in [5, 5.41) is 9.19. The molecule has 3 aromatic rings. The van der Waals surface area contributed by atoms with Gasteiger partial charge in [-0.15, -0.1) is 11.3 Å². The molecule has 1 aromatic carbocycles. The molecule has 0 fully saturated rings. The number of nitrogens with zero attached hydrogens (tertiary/aromatic N) is 1. The number of halogens is 4. The average molecular weight is 353 g/mol. The molecule has 3 rings (SSSR count). The number of aromatic nitrogens is 1. The predicted molar refractivity (Wildman–Crippen MR) is 78.9 cm³/mol. The smallest absolute Gasteiger partial charge is 0.206 e. The van der Waals surface area contributed by atoms with E-state index in [1.807, 2.05) is 0 Å². The van der Waals surface area contributed by atoms with Crippen LogP contribution in [0.2, 0.25) is 0 Å². The summed E-state index contributed by atoms with van der Waals surface area (Å²) in [6.45, 7) is 0. The van der Waals surface area contributed by atoms with Crippen molar-refractivity contribution < 1.29 is 27.5 Å². The highest BCUT2D eigenvalue weighted by Crippen LogP contribution is 2.32. The molecule has 122 valence electrons.